The first-order valence-electron chi connectivity index (χ1n) is 10.1. The van der Waals surface area contributed by atoms with Crippen molar-refractivity contribution in [3.63, 3.8) is 0 Å². The van der Waals surface area contributed by atoms with Crippen molar-refractivity contribution < 1.29 is 18.8 Å². The van der Waals surface area contributed by atoms with Crippen molar-refractivity contribution in [1.82, 2.24) is 19.9 Å². The van der Waals surface area contributed by atoms with Gasteiger partial charge in [0.2, 0.25) is 5.91 Å². The summed E-state index contributed by atoms with van der Waals surface area (Å²) in [6, 6.07) is 0. The number of piperidine rings is 1. The smallest absolute Gasteiger partial charge is 0.255 e. The number of amides is 1. The molecule has 3 fully saturated rings. The second kappa shape index (κ2) is 8.24. The number of likely N-dealkylation sites (tertiary alicyclic amines) is 2. The molecule has 4 heterocycles. The minimum absolute atomic E-state index is 0.0236. The van der Waals surface area contributed by atoms with Gasteiger partial charge in [-0.15, -0.1) is 0 Å². The first-order valence-corrected chi connectivity index (χ1v) is 10.1. The second-order valence-corrected chi connectivity index (χ2v) is 8.17. The predicted octanol–water partition coefficient (Wildman–Crippen LogP) is 1.77. The lowest BCUT2D eigenvalue weighted by Gasteiger charge is -2.38. The first-order chi connectivity index (χ1) is 13.2. The topological polar surface area (TPSA) is 80.9 Å². The van der Waals surface area contributed by atoms with Gasteiger partial charge in [0.25, 0.3) is 5.89 Å². The number of carbonyl (C=O) groups is 1. The molecule has 3 saturated heterocycles. The van der Waals surface area contributed by atoms with Crippen LogP contribution in [0, 0.1) is 5.41 Å². The number of rotatable bonds is 7. The number of methoxy groups -OCH3 is 1. The summed E-state index contributed by atoms with van der Waals surface area (Å²) in [5.74, 6) is 1.66. The van der Waals surface area contributed by atoms with E-state index in [0.29, 0.717) is 31.4 Å². The highest BCUT2D eigenvalue weighted by Crippen LogP contribution is 2.41. The van der Waals surface area contributed by atoms with Gasteiger partial charge < -0.3 is 18.9 Å². The molecule has 0 aliphatic carbocycles. The fourth-order valence-corrected chi connectivity index (χ4v) is 4.54. The maximum atomic E-state index is 12.4. The van der Waals surface area contributed by atoms with Crippen LogP contribution in [0.25, 0.3) is 0 Å². The van der Waals surface area contributed by atoms with E-state index in [-0.39, 0.29) is 11.5 Å². The highest BCUT2D eigenvalue weighted by Gasteiger charge is 2.44. The van der Waals surface area contributed by atoms with Gasteiger partial charge in [0, 0.05) is 39.8 Å². The summed E-state index contributed by atoms with van der Waals surface area (Å²) in [6.07, 6.45) is 5.70. The number of carbonyl (C=O) groups excluding carboxylic acids is 1. The summed E-state index contributed by atoms with van der Waals surface area (Å²) in [5, 5.41) is 4.13. The normalized spacial score (nSPS) is 25.7. The van der Waals surface area contributed by atoms with Crippen molar-refractivity contribution in [3.8, 4) is 0 Å². The lowest BCUT2D eigenvalue weighted by molar-refractivity contribution is -0.128. The summed E-state index contributed by atoms with van der Waals surface area (Å²) < 4.78 is 16.1. The molecule has 1 aromatic heterocycles. The zero-order valence-electron chi connectivity index (χ0n) is 16.2. The summed E-state index contributed by atoms with van der Waals surface area (Å²) in [7, 11) is 1.70. The van der Waals surface area contributed by atoms with Gasteiger partial charge >= 0.3 is 0 Å². The highest BCUT2D eigenvalue weighted by molar-refractivity contribution is 5.79. The van der Waals surface area contributed by atoms with Crippen LogP contribution in [0.4, 0.5) is 0 Å². The molecule has 8 nitrogen and oxygen atoms in total. The molecule has 1 aromatic rings. The van der Waals surface area contributed by atoms with E-state index >= 15 is 0 Å². The third-order valence-electron chi connectivity index (χ3n) is 6.15. The molecule has 4 rings (SSSR count). The van der Waals surface area contributed by atoms with Crippen LogP contribution < -0.4 is 0 Å². The van der Waals surface area contributed by atoms with Gasteiger partial charge in [0.1, 0.15) is 6.10 Å². The van der Waals surface area contributed by atoms with Gasteiger partial charge in [-0.05, 0) is 50.6 Å². The predicted molar refractivity (Wildman–Crippen MR) is 96.9 cm³/mol. The number of nitrogens with zero attached hydrogens (tertiary/aromatic N) is 4. The first kappa shape index (κ1) is 18.8. The Morgan fingerprint density at radius 3 is 2.93 bits per heavy atom. The lowest BCUT2D eigenvalue weighted by atomic mass is 9.77. The van der Waals surface area contributed by atoms with Crippen LogP contribution >= 0.6 is 0 Å². The average Bonchev–Trinajstić information content (AvgIpc) is 3.39. The van der Waals surface area contributed by atoms with Gasteiger partial charge in [-0.1, -0.05) is 5.16 Å². The van der Waals surface area contributed by atoms with Crippen LogP contribution in [0.2, 0.25) is 0 Å². The van der Waals surface area contributed by atoms with Gasteiger partial charge in [0.05, 0.1) is 6.54 Å². The average molecular weight is 378 g/mol. The van der Waals surface area contributed by atoms with Crippen molar-refractivity contribution in [2.75, 3.05) is 46.5 Å². The van der Waals surface area contributed by atoms with Crippen molar-refractivity contribution in [3.05, 3.63) is 11.7 Å². The lowest BCUT2D eigenvalue weighted by Crippen LogP contribution is -2.41. The summed E-state index contributed by atoms with van der Waals surface area (Å²) >= 11 is 0. The summed E-state index contributed by atoms with van der Waals surface area (Å²) in [5.41, 5.74) is 0.154. The van der Waals surface area contributed by atoms with Gasteiger partial charge in [-0.25, -0.2) is 0 Å². The largest absolute Gasteiger partial charge is 0.385 e. The number of hydrogen-bond donors (Lipinski definition) is 0. The highest BCUT2D eigenvalue weighted by atomic mass is 16.5. The summed E-state index contributed by atoms with van der Waals surface area (Å²) in [6.45, 7) is 5.85. The molecule has 8 heteroatoms. The Morgan fingerprint density at radius 1 is 1.33 bits per heavy atom. The molecule has 3 aliphatic heterocycles. The maximum absolute atomic E-state index is 12.4. The van der Waals surface area contributed by atoms with Gasteiger partial charge in [-0.2, -0.15) is 4.98 Å². The number of ether oxygens (including phenoxy) is 2. The Kier molecular flexibility index (Phi) is 5.75. The molecule has 27 heavy (non-hydrogen) atoms. The fourth-order valence-electron chi connectivity index (χ4n) is 4.54. The van der Waals surface area contributed by atoms with E-state index < -0.39 is 0 Å². The molecule has 1 amide bonds. The van der Waals surface area contributed by atoms with Gasteiger partial charge in [0.15, 0.2) is 5.82 Å². The quantitative estimate of drug-likeness (QED) is 0.669. The zero-order valence-corrected chi connectivity index (χ0v) is 16.2. The fraction of sp³-hybridized carbons (Fsp3) is 0.842. The molecule has 0 saturated carbocycles. The Bertz CT molecular complexity index is 635. The molecule has 1 unspecified atom stereocenters. The van der Waals surface area contributed by atoms with Crippen LogP contribution in [-0.4, -0.2) is 72.4 Å². The van der Waals surface area contributed by atoms with Crippen LogP contribution in [0.5, 0.6) is 0 Å². The van der Waals surface area contributed by atoms with E-state index in [9.17, 15) is 4.79 Å². The molecule has 0 bridgehead atoms. The molecule has 0 aromatic carbocycles. The molecule has 3 aliphatic rings. The van der Waals surface area contributed by atoms with Crippen LogP contribution in [0.15, 0.2) is 4.52 Å². The van der Waals surface area contributed by atoms with Crippen molar-refractivity contribution in [1.29, 1.82) is 0 Å². The minimum Gasteiger partial charge on any atom is -0.385 e. The Labute approximate surface area is 160 Å². The van der Waals surface area contributed by atoms with E-state index in [1.54, 1.807) is 7.11 Å². The minimum atomic E-state index is -0.0236. The Morgan fingerprint density at radius 2 is 2.19 bits per heavy atom. The van der Waals surface area contributed by atoms with E-state index in [1.165, 1.54) is 0 Å². The Hall–Kier alpha value is -1.51. The van der Waals surface area contributed by atoms with Crippen LogP contribution in [0.1, 0.15) is 56.3 Å². The molecule has 150 valence electrons. The van der Waals surface area contributed by atoms with Crippen molar-refractivity contribution in [2.45, 2.75) is 51.2 Å². The van der Waals surface area contributed by atoms with Crippen molar-refractivity contribution >= 4 is 5.91 Å². The molecule has 1 spiro atoms. The van der Waals surface area contributed by atoms with Crippen LogP contribution in [0.3, 0.4) is 0 Å². The Balaban J connectivity index is 1.26. The SMILES string of the molecule is COCCCN1CC2(CCN(Cc3noc(C4CCCO4)n3)CC2)CC1=O. The monoisotopic (exact) mass is 378 g/mol. The van der Waals surface area contributed by atoms with Crippen LogP contribution in [-0.2, 0) is 20.8 Å². The zero-order chi connectivity index (χ0) is 18.7. The van der Waals surface area contributed by atoms with E-state index in [1.807, 2.05) is 4.90 Å². The van der Waals surface area contributed by atoms with Gasteiger partial charge in [-0.3, -0.25) is 9.69 Å². The molecule has 1 atom stereocenters. The molecular weight excluding hydrogens is 348 g/mol. The second-order valence-electron chi connectivity index (χ2n) is 8.17. The standard InChI is InChI=1S/C19H30N4O4/c1-25-10-3-7-23-14-19(12-17(23)24)5-8-22(9-6-19)13-16-20-18(27-21-16)15-4-2-11-26-15/h15H,2-14H2,1H3. The summed E-state index contributed by atoms with van der Waals surface area (Å²) in [4.78, 5) is 21.3. The molecule has 0 radical (unpaired) electrons. The maximum Gasteiger partial charge on any atom is 0.255 e. The third-order valence-corrected chi connectivity index (χ3v) is 6.15. The van der Waals surface area contributed by atoms with E-state index in [2.05, 4.69) is 15.0 Å². The van der Waals surface area contributed by atoms with Crippen molar-refractivity contribution in [2.24, 2.45) is 5.41 Å². The van der Waals surface area contributed by atoms with E-state index in [4.69, 9.17) is 14.0 Å². The molecular formula is C19H30N4O4. The third kappa shape index (κ3) is 4.33. The number of aromatic nitrogens is 2. The molecule has 0 N–H and O–H groups in total. The number of hydrogen-bond acceptors (Lipinski definition) is 7. The van der Waals surface area contributed by atoms with E-state index in [0.717, 1.165) is 70.7 Å².